The van der Waals surface area contributed by atoms with Crippen LogP contribution < -0.4 is 0 Å². The van der Waals surface area contributed by atoms with Crippen LogP contribution in [0.25, 0.3) is 11.0 Å². The number of aromatic nitrogens is 5. The van der Waals surface area contributed by atoms with Gasteiger partial charge in [0.25, 0.3) is 0 Å². The molecular weight excluding hydrogens is 481 g/mol. The first-order valence-electron chi connectivity index (χ1n) is 10.9. The molecule has 0 radical (unpaired) electrons. The summed E-state index contributed by atoms with van der Waals surface area (Å²) in [6.45, 7) is 8.46. The Kier molecular flexibility index (Phi) is 5.48. The van der Waals surface area contributed by atoms with Crippen molar-refractivity contribution in [2.24, 2.45) is 5.92 Å². The van der Waals surface area contributed by atoms with Crippen LogP contribution in [-0.2, 0) is 16.6 Å². The van der Waals surface area contributed by atoms with Gasteiger partial charge in [-0.2, -0.15) is 28.2 Å². The molecule has 1 aliphatic carbocycles. The van der Waals surface area contributed by atoms with Crippen LogP contribution in [0.3, 0.4) is 0 Å². The molecule has 5 rings (SSSR count). The van der Waals surface area contributed by atoms with Gasteiger partial charge in [0, 0.05) is 6.54 Å². The number of aromatic amines is 1. The molecule has 35 heavy (non-hydrogen) atoms. The summed E-state index contributed by atoms with van der Waals surface area (Å²) in [5.74, 6) is -0.176. The molecule has 11 heteroatoms. The van der Waals surface area contributed by atoms with Gasteiger partial charge in [0.15, 0.2) is 5.66 Å². The number of rotatable bonds is 4. The van der Waals surface area contributed by atoms with Crippen LogP contribution in [0.1, 0.15) is 37.7 Å². The summed E-state index contributed by atoms with van der Waals surface area (Å²) in [6, 6.07) is 1.76. The van der Waals surface area contributed by atoms with Crippen molar-refractivity contribution < 1.29 is 18.0 Å². The van der Waals surface area contributed by atoms with Crippen LogP contribution in [-0.4, -0.2) is 42.7 Å². The summed E-state index contributed by atoms with van der Waals surface area (Å²) in [5, 5.41) is 8.36. The number of alkyl halides is 3. The molecule has 0 bridgehead atoms. The van der Waals surface area contributed by atoms with Crippen LogP contribution in [0.4, 0.5) is 13.2 Å². The Morgan fingerprint density at radius 3 is 2.60 bits per heavy atom. The van der Waals surface area contributed by atoms with Gasteiger partial charge in [-0.15, -0.1) is 0 Å². The number of H-pyrrole nitrogens is 1. The number of benzene rings is 1. The molecule has 3 heterocycles. The van der Waals surface area contributed by atoms with E-state index in [1.165, 1.54) is 10.9 Å². The highest BCUT2D eigenvalue weighted by Crippen LogP contribution is 2.47. The molecule has 0 amide bonds. The lowest BCUT2D eigenvalue weighted by Crippen LogP contribution is -2.56. The maximum absolute atomic E-state index is 13.4. The Bertz CT molecular complexity index is 1390. The number of halogens is 4. The maximum Gasteiger partial charge on any atom is 0.417 e. The third-order valence-corrected chi connectivity index (χ3v) is 7.09. The van der Waals surface area contributed by atoms with Crippen molar-refractivity contribution in [2.75, 3.05) is 6.54 Å². The molecule has 7 nitrogen and oxygen atoms in total. The zero-order chi connectivity index (χ0) is 25.1. The average Bonchev–Trinajstić information content (AvgIpc) is 3.53. The van der Waals surface area contributed by atoms with E-state index in [1.807, 2.05) is 30.9 Å². The number of hydrogen-bond donors (Lipinski definition) is 1. The monoisotopic (exact) mass is 502 g/mol. The molecule has 1 aliphatic heterocycles. The number of likely N-dealkylation sites (tertiary alicyclic amines) is 1. The highest BCUT2D eigenvalue weighted by Gasteiger charge is 2.52. The summed E-state index contributed by atoms with van der Waals surface area (Å²) < 4.78 is 40.2. The third-order valence-electron chi connectivity index (χ3n) is 6.78. The average molecular weight is 503 g/mol. The Balaban J connectivity index is 1.67. The first kappa shape index (κ1) is 23.5. The zero-order valence-electron chi connectivity index (χ0n) is 19.0. The van der Waals surface area contributed by atoms with Crippen LogP contribution >= 0.6 is 11.6 Å². The fraction of sp³-hybridized carbons (Fsp3) is 0.333. The third kappa shape index (κ3) is 3.71. The van der Waals surface area contributed by atoms with E-state index < -0.39 is 34.4 Å². The number of allylic oxidation sites excluding steroid dienone is 2. The van der Waals surface area contributed by atoms with Gasteiger partial charge in [-0.1, -0.05) is 35.4 Å². The van der Waals surface area contributed by atoms with Gasteiger partial charge in [0.1, 0.15) is 12.1 Å². The van der Waals surface area contributed by atoms with E-state index >= 15 is 0 Å². The van der Waals surface area contributed by atoms with Crippen LogP contribution in [0.2, 0.25) is 5.02 Å². The predicted molar refractivity (Wildman–Crippen MR) is 124 cm³/mol. The quantitative estimate of drug-likeness (QED) is 0.391. The summed E-state index contributed by atoms with van der Waals surface area (Å²) in [4.78, 5) is 23.6. The van der Waals surface area contributed by atoms with E-state index in [0.29, 0.717) is 24.3 Å². The standard InChI is InChI=1S/C24H22ClF3N6O/c1-13-6-21(22-31-19-8-17(24(26,27)28)18(25)9-20(19)32-22)33(11-13)23(34-29-4-5-30-34)10-15(3)14(2)7-16(23)12-35/h4-5,7-10,12,16,21H,1,6,11H2,2-3H3,(H,31,32)/t16-,21?,23?/m1/s1. The SMILES string of the molecule is C=C1CC(c2nc3cc(Cl)c(C(F)(F)F)cc3[nH]2)N(C2(n3nccn3)C=C(C)C(C)=C[C@@H]2C=O)C1. The predicted octanol–water partition coefficient (Wildman–Crippen LogP) is 5.20. The highest BCUT2D eigenvalue weighted by molar-refractivity contribution is 6.32. The molecule has 2 aromatic heterocycles. The van der Waals surface area contributed by atoms with Gasteiger partial charge >= 0.3 is 6.18 Å². The van der Waals surface area contributed by atoms with E-state index in [2.05, 4.69) is 26.7 Å². The summed E-state index contributed by atoms with van der Waals surface area (Å²) >= 11 is 5.92. The Hall–Kier alpha value is -3.24. The molecular formula is C24H22ClF3N6O. The lowest BCUT2D eigenvalue weighted by Gasteiger charge is -2.45. The largest absolute Gasteiger partial charge is 0.417 e. The van der Waals surface area contributed by atoms with E-state index in [1.54, 1.807) is 12.4 Å². The molecule has 0 saturated carbocycles. The van der Waals surface area contributed by atoms with Crippen molar-refractivity contribution in [3.63, 3.8) is 0 Å². The van der Waals surface area contributed by atoms with Gasteiger partial charge in [0.05, 0.1) is 46.0 Å². The van der Waals surface area contributed by atoms with Crippen molar-refractivity contribution in [1.82, 2.24) is 29.9 Å². The molecule has 182 valence electrons. The Morgan fingerprint density at radius 2 is 1.94 bits per heavy atom. The molecule has 2 aliphatic rings. The second-order valence-corrected chi connectivity index (χ2v) is 9.41. The molecule has 1 aromatic carbocycles. The second kappa shape index (κ2) is 8.17. The van der Waals surface area contributed by atoms with Gasteiger partial charge in [0.2, 0.25) is 0 Å². The first-order valence-corrected chi connectivity index (χ1v) is 11.3. The van der Waals surface area contributed by atoms with Gasteiger partial charge < -0.3 is 9.78 Å². The number of nitrogens with zero attached hydrogens (tertiary/aromatic N) is 5. The molecule has 3 aromatic rings. The smallest absolute Gasteiger partial charge is 0.341 e. The highest BCUT2D eigenvalue weighted by atomic mass is 35.5. The molecule has 1 N–H and O–H groups in total. The minimum Gasteiger partial charge on any atom is -0.341 e. The van der Waals surface area contributed by atoms with Crippen molar-refractivity contribution in [2.45, 2.75) is 38.1 Å². The van der Waals surface area contributed by atoms with Gasteiger partial charge in [-0.3, -0.25) is 4.90 Å². The van der Waals surface area contributed by atoms with Crippen molar-refractivity contribution in [1.29, 1.82) is 0 Å². The van der Waals surface area contributed by atoms with E-state index in [4.69, 9.17) is 11.6 Å². The summed E-state index contributed by atoms with van der Waals surface area (Å²) in [5.41, 5.74) is 1.34. The van der Waals surface area contributed by atoms with Crippen molar-refractivity contribution in [3.8, 4) is 0 Å². The minimum atomic E-state index is -4.59. The van der Waals surface area contributed by atoms with E-state index in [9.17, 15) is 18.0 Å². The second-order valence-electron chi connectivity index (χ2n) is 9.01. The zero-order valence-corrected chi connectivity index (χ0v) is 19.7. The van der Waals surface area contributed by atoms with Crippen molar-refractivity contribution in [3.05, 3.63) is 76.4 Å². The fourth-order valence-electron chi connectivity index (χ4n) is 5.02. The number of carbonyl (C=O) groups excluding carboxylic acids is 1. The number of imidazole rings is 1. The molecule has 3 atom stereocenters. The fourth-order valence-corrected chi connectivity index (χ4v) is 5.28. The van der Waals surface area contributed by atoms with Crippen molar-refractivity contribution >= 4 is 28.9 Å². The van der Waals surface area contributed by atoms with Crippen LogP contribution in [0.5, 0.6) is 0 Å². The Morgan fingerprint density at radius 1 is 1.23 bits per heavy atom. The minimum absolute atomic E-state index is 0.221. The number of nitrogens with one attached hydrogen (secondary N) is 1. The molecule has 0 spiro atoms. The summed E-state index contributed by atoms with van der Waals surface area (Å²) in [6.07, 6.45) is 3.70. The number of hydrogen-bond acceptors (Lipinski definition) is 5. The molecule has 1 saturated heterocycles. The van der Waals surface area contributed by atoms with Gasteiger partial charge in [-0.25, -0.2) is 4.98 Å². The first-order chi connectivity index (χ1) is 16.5. The van der Waals surface area contributed by atoms with E-state index in [0.717, 1.165) is 29.1 Å². The maximum atomic E-state index is 13.4. The number of carbonyl (C=O) groups is 1. The molecule has 1 fully saturated rings. The topological polar surface area (TPSA) is 79.7 Å². The van der Waals surface area contributed by atoms with Gasteiger partial charge in [-0.05, 0) is 44.1 Å². The van der Waals surface area contributed by atoms with E-state index in [-0.39, 0.29) is 5.52 Å². The lowest BCUT2D eigenvalue weighted by molar-refractivity contribution is -0.137. The van der Waals surface area contributed by atoms with Crippen LogP contribution in [0, 0.1) is 5.92 Å². The number of fused-ring (bicyclic) bond motifs is 1. The normalized spacial score (nSPS) is 25.7. The molecule has 2 unspecified atom stereocenters. The van der Waals surface area contributed by atoms with Crippen LogP contribution in [0.15, 0.2) is 60.0 Å². The Labute approximate surface area is 204 Å². The lowest BCUT2D eigenvalue weighted by atomic mass is 9.82. The summed E-state index contributed by atoms with van der Waals surface area (Å²) in [7, 11) is 0. The number of aldehydes is 1.